The average Bonchev–Trinajstić information content (AvgIpc) is 2.43. The van der Waals surface area contributed by atoms with Crippen LogP contribution >= 0.6 is 11.6 Å². The number of rotatable bonds is 4. The van der Waals surface area contributed by atoms with E-state index in [0.717, 1.165) is 12.1 Å². The Morgan fingerprint density at radius 1 is 1.27 bits per heavy atom. The molecule has 0 aliphatic carbocycles. The summed E-state index contributed by atoms with van der Waals surface area (Å²) in [4.78, 5) is 10.4. The summed E-state index contributed by atoms with van der Waals surface area (Å²) in [5.41, 5.74) is -0.0764. The van der Waals surface area contributed by atoms with E-state index in [1.54, 1.807) is 19.1 Å². The molecule has 8 heteroatoms. The Morgan fingerprint density at radius 2 is 1.95 bits per heavy atom. The summed E-state index contributed by atoms with van der Waals surface area (Å²) >= 11 is 5.91. The molecule has 5 nitrogen and oxygen atoms in total. The zero-order valence-electron chi connectivity index (χ0n) is 11.3. The highest BCUT2D eigenvalue weighted by atomic mass is 35.5. The van der Waals surface area contributed by atoms with E-state index < -0.39 is 32.3 Å². The third kappa shape index (κ3) is 3.20. The quantitative estimate of drug-likeness (QED) is 0.920. The van der Waals surface area contributed by atoms with Crippen molar-refractivity contribution in [1.82, 2.24) is 0 Å². The van der Waals surface area contributed by atoms with Crippen LogP contribution in [0.15, 0.2) is 41.3 Å². The number of carbonyl (C=O) groups is 1. The van der Waals surface area contributed by atoms with Crippen LogP contribution < -0.4 is 9.83 Å². The molecule has 2 rings (SSSR count). The van der Waals surface area contributed by atoms with Gasteiger partial charge in [-0.05, 0) is 42.8 Å². The van der Waals surface area contributed by atoms with Crippen molar-refractivity contribution in [1.29, 1.82) is 0 Å². The predicted octanol–water partition coefficient (Wildman–Crippen LogP) is 1.95. The molecule has 1 N–H and O–H groups in total. The Balaban J connectivity index is 2.45. The smallest absolute Gasteiger partial charge is 0.261 e. The minimum atomic E-state index is -4.09. The van der Waals surface area contributed by atoms with Gasteiger partial charge in [0.25, 0.3) is 10.0 Å². The summed E-state index contributed by atoms with van der Waals surface area (Å²) in [7, 11) is -4.09. The van der Waals surface area contributed by atoms with Gasteiger partial charge in [0.2, 0.25) is 0 Å². The molecule has 0 spiro atoms. The van der Waals surface area contributed by atoms with Crippen LogP contribution in [0.3, 0.4) is 0 Å². The van der Waals surface area contributed by atoms with Crippen LogP contribution in [0.4, 0.5) is 10.1 Å². The van der Waals surface area contributed by atoms with E-state index in [9.17, 15) is 22.7 Å². The van der Waals surface area contributed by atoms with Gasteiger partial charge in [-0.1, -0.05) is 17.7 Å². The lowest BCUT2D eigenvalue weighted by molar-refractivity contribution is -0.255. The van der Waals surface area contributed by atoms with Crippen molar-refractivity contribution >= 4 is 33.3 Å². The molecule has 22 heavy (non-hydrogen) atoms. The molecule has 0 aliphatic heterocycles. The maximum Gasteiger partial charge on any atom is 0.261 e. The third-order valence-electron chi connectivity index (χ3n) is 2.98. The molecule has 0 unspecified atom stereocenters. The summed E-state index contributed by atoms with van der Waals surface area (Å²) in [6, 6.07) is 7.08. The lowest BCUT2D eigenvalue weighted by Crippen LogP contribution is -2.24. The third-order valence-corrected chi connectivity index (χ3v) is 4.75. The maximum atomic E-state index is 13.3. The van der Waals surface area contributed by atoms with Crippen LogP contribution in [0.2, 0.25) is 5.02 Å². The monoisotopic (exact) mass is 342 g/mol. The zero-order valence-corrected chi connectivity index (χ0v) is 12.8. The second-order valence-electron chi connectivity index (χ2n) is 4.45. The fourth-order valence-electron chi connectivity index (χ4n) is 1.75. The number of aromatic carboxylic acids is 1. The van der Waals surface area contributed by atoms with Gasteiger partial charge in [0.1, 0.15) is 5.82 Å². The molecule has 0 fully saturated rings. The van der Waals surface area contributed by atoms with E-state index in [-0.39, 0.29) is 5.69 Å². The molecular formula is C14H10ClFNO4S-. The van der Waals surface area contributed by atoms with E-state index >= 15 is 0 Å². The van der Waals surface area contributed by atoms with Crippen LogP contribution in [-0.4, -0.2) is 14.4 Å². The number of benzene rings is 2. The number of hydrogen-bond acceptors (Lipinski definition) is 4. The van der Waals surface area contributed by atoms with E-state index in [4.69, 9.17) is 11.6 Å². The SMILES string of the molecule is Cc1c(Cl)cccc1NS(=O)(=O)c1ccc(F)c(C(=O)[O-])c1. The van der Waals surface area contributed by atoms with Gasteiger partial charge in [0, 0.05) is 10.6 Å². The van der Waals surface area contributed by atoms with E-state index in [1.807, 2.05) is 0 Å². The summed E-state index contributed by atoms with van der Waals surface area (Å²) in [5, 5.41) is 11.1. The van der Waals surface area contributed by atoms with E-state index in [0.29, 0.717) is 16.7 Å². The first-order valence-corrected chi connectivity index (χ1v) is 7.87. The second-order valence-corrected chi connectivity index (χ2v) is 6.54. The van der Waals surface area contributed by atoms with Crippen LogP contribution in [0.5, 0.6) is 0 Å². The Labute approximate surface area is 131 Å². The maximum absolute atomic E-state index is 13.3. The first-order chi connectivity index (χ1) is 10.2. The van der Waals surface area contributed by atoms with Gasteiger partial charge in [-0.2, -0.15) is 0 Å². The van der Waals surface area contributed by atoms with Crippen molar-refractivity contribution < 1.29 is 22.7 Å². The van der Waals surface area contributed by atoms with E-state index in [2.05, 4.69) is 4.72 Å². The minimum absolute atomic E-state index is 0.242. The molecule has 2 aromatic carbocycles. The second kappa shape index (κ2) is 5.94. The first-order valence-electron chi connectivity index (χ1n) is 6.01. The molecule has 0 saturated heterocycles. The molecule has 0 aromatic heterocycles. The van der Waals surface area contributed by atoms with Crippen molar-refractivity contribution in [2.24, 2.45) is 0 Å². The van der Waals surface area contributed by atoms with Crippen molar-refractivity contribution in [3.05, 3.63) is 58.4 Å². The molecule has 0 radical (unpaired) electrons. The number of nitrogens with one attached hydrogen (secondary N) is 1. The first kappa shape index (κ1) is 16.3. The Morgan fingerprint density at radius 3 is 2.59 bits per heavy atom. The molecule has 2 aromatic rings. The molecule has 0 atom stereocenters. The lowest BCUT2D eigenvalue weighted by atomic mass is 10.2. The summed E-state index contributed by atoms with van der Waals surface area (Å²) in [6.07, 6.45) is 0. The number of halogens is 2. The van der Waals surface area contributed by atoms with E-state index in [1.165, 1.54) is 6.07 Å². The number of sulfonamides is 1. The molecule has 0 aliphatic rings. The highest BCUT2D eigenvalue weighted by molar-refractivity contribution is 7.92. The largest absolute Gasteiger partial charge is 0.545 e. The number of carboxylic acid groups (broad SMARTS) is 1. The molecule has 116 valence electrons. The van der Waals surface area contributed by atoms with Crippen LogP contribution in [0.1, 0.15) is 15.9 Å². The van der Waals surface area contributed by atoms with Crippen molar-refractivity contribution in [2.75, 3.05) is 4.72 Å². The summed E-state index contributed by atoms with van der Waals surface area (Å²) in [5.74, 6) is -2.87. The molecular weight excluding hydrogens is 333 g/mol. The number of hydrogen-bond donors (Lipinski definition) is 1. The van der Waals surface area contributed by atoms with Gasteiger partial charge in [0.05, 0.1) is 16.6 Å². The lowest BCUT2D eigenvalue weighted by Gasteiger charge is -2.13. The van der Waals surface area contributed by atoms with Crippen LogP contribution in [0, 0.1) is 12.7 Å². The van der Waals surface area contributed by atoms with Crippen LogP contribution in [0.25, 0.3) is 0 Å². The van der Waals surface area contributed by atoms with Gasteiger partial charge in [0.15, 0.2) is 0 Å². The minimum Gasteiger partial charge on any atom is -0.545 e. The number of carboxylic acids is 1. The van der Waals surface area contributed by atoms with Gasteiger partial charge < -0.3 is 9.90 Å². The van der Waals surface area contributed by atoms with Crippen LogP contribution in [-0.2, 0) is 10.0 Å². The van der Waals surface area contributed by atoms with Crippen molar-refractivity contribution in [3.8, 4) is 0 Å². The van der Waals surface area contributed by atoms with Gasteiger partial charge in [-0.15, -0.1) is 0 Å². The Kier molecular flexibility index (Phi) is 4.39. The van der Waals surface area contributed by atoms with Gasteiger partial charge >= 0.3 is 0 Å². The summed E-state index contributed by atoms with van der Waals surface area (Å²) in [6.45, 7) is 1.62. The number of anilines is 1. The highest BCUT2D eigenvalue weighted by Gasteiger charge is 2.18. The highest BCUT2D eigenvalue weighted by Crippen LogP contribution is 2.26. The molecule has 0 bridgehead atoms. The number of carbonyl (C=O) groups excluding carboxylic acids is 1. The predicted molar refractivity (Wildman–Crippen MR) is 77.7 cm³/mol. The van der Waals surface area contributed by atoms with Crippen molar-refractivity contribution in [3.63, 3.8) is 0 Å². The molecule has 0 saturated carbocycles. The fraction of sp³-hybridized carbons (Fsp3) is 0.0714. The van der Waals surface area contributed by atoms with Crippen molar-refractivity contribution in [2.45, 2.75) is 11.8 Å². The average molecular weight is 343 g/mol. The Hall–Kier alpha value is -2.12. The normalized spacial score (nSPS) is 11.2. The fourth-order valence-corrected chi connectivity index (χ4v) is 3.07. The van der Waals surface area contributed by atoms with Gasteiger partial charge in [-0.25, -0.2) is 12.8 Å². The zero-order chi connectivity index (χ0) is 16.5. The topological polar surface area (TPSA) is 86.3 Å². The Bertz CT molecular complexity index is 852. The van der Waals surface area contributed by atoms with Gasteiger partial charge in [-0.3, -0.25) is 4.72 Å². The summed E-state index contributed by atoms with van der Waals surface area (Å²) < 4.78 is 40.1. The molecule has 0 amide bonds. The standard InChI is InChI=1S/C14H11ClFNO4S/c1-8-11(15)3-2-4-13(8)17-22(20,21)9-5-6-12(16)10(7-9)14(18)19/h2-7,17H,1H3,(H,18,19)/p-1. The molecule has 0 heterocycles.